The quantitative estimate of drug-likeness (QED) is 0.516. The van der Waals surface area contributed by atoms with Crippen molar-refractivity contribution in [2.45, 2.75) is 62.9 Å². The molecule has 212 valence electrons. The number of aryl methyl sites for hydroxylation is 1. The Morgan fingerprint density at radius 2 is 1.87 bits per heavy atom. The number of nitrogens with one attached hydrogen (secondary N) is 1. The first kappa shape index (κ1) is 28.1. The minimum absolute atomic E-state index is 0.0513. The SMILES string of the molecule is COc1cc(C)c2c(c1)CCN(CCC(=O)NC1CCN(c3ncc(CN4CCCC4)cc3Cl)CC1)S2(=O)=O. The summed E-state index contributed by atoms with van der Waals surface area (Å²) in [5, 5.41) is 3.78. The van der Waals surface area contributed by atoms with E-state index in [4.69, 9.17) is 16.3 Å². The number of likely N-dealkylation sites (tertiary alicyclic amines) is 1. The van der Waals surface area contributed by atoms with Gasteiger partial charge in [-0.25, -0.2) is 13.4 Å². The van der Waals surface area contributed by atoms with Crippen molar-refractivity contribution in [2.75, 3.05) is 51.3 Å². The van der Waals surface area contributed by atoms with Crippen LogP contribution in [0.5, 0.6) is 5.75 Å². The highest BCUT2D eigenvalue weighted by Gasteiger charge is 2.34. The zero-order valence-corrected chi connectivity index (χ0v) is 24.4. The Morgan fingerprint density at radius 3 is 2.56 bits per heavy atom. The van der Waals surface area contributed by atoms with Crippen molar-refractivity contribution >= 4 is 33.3 Å². The Hall–Kier alpha value is -2.40. The lowest BCUT2D eigenvalue weighted by Crippen LogP contribution is -2.46. The minimum atomic E-state index is -3.65. The average molecular weight is 576 g/mol. The third kappa shape index (κ3) is 6.34. The fourth-order valence-corrected chi connectivity index (χ4v) is 8.15. The van der Waals surface area contributed by atoms with Crippen LogP contribution in [0.4, 0.5) is 5.82 Å². The molecule has 0 atom stereocenters. The Morgan fingerprint density at radius 1 is 1.13 bits per heavy atom. The summed E-state index contributed by atoms with van der Waals surface area (Å²) in [4.78, 5) is 22.4. The molecule has 2 saturated heterocycles. The van der Waals surface area contributed by atoms with Gasteiger partial charge in [0.2, 0.25) is 15.9 Å². The van der Waals surface area contributed by atoms with E-state index in [1.165, 1.54) is 17.1 Å². The van der Waals surface area contributed by atoms with Crippen molar-refractivity contribution in [1.82, 2.24) is 19.5 Å². The molecule has 39 heavy (non-hydrogen) atoms. The first-order valence-electron chi connectivity index (χ1n) is 13.8. The summed E-state index contributed by atoms with van der Waals surface area (Å²) in [6, 6.07) is 5.61. The van der Waals surface area contributed by atoms with Gasteiger partial charge in [-0.05, 0) is 87.0 Å². The van der Waals surface area contributed by atoms with E-state index in [9.17, 15) is 13.2 Å². The van der Waals surface area contributed by atoms with E-state index in [-0.39, 0.29) is 24.9 Å². The Kier molecular flexibility index (Phi) is 8.66. The van der Waals surface area contributed by atoms with Gasteiger partial charge in [0.05, 0.1) is 17.0 Å². The number of halogens is 1. The number of pyridine rings is 1. The summed E-state index contributed by atoms with van der Waals surface area (Å²) in [5.74, 6) is 1.34. The summed E-state index contributed by atoms with van der Waals surface area (Å²) in [6.45, 7) is 6.98. The Bertz CT molecular complexity index is 1310. The molecule has 5 rings (SSSR count). The summed E-state index contributed by atoms with van der Waals surface area (Å²) >= 11 is 6.61. The number of fused-ring (bicyclic) bond motifs is 1. The Balaban J connectivity index is 1.10. The molecule has 2 fully saturated rings. The van der Waals surface area contributed by atoms with Crippen molar-refractivity contribution in [3.8, 4) is 5.75 Å². The molecule has 0 bridgehead atoms. The number of anilines is 1. The van der Waals surface area contributed by atoms with E-state index < -0.39 is 10.0 Å². The van der Waals surface area contributed by atoms with Crippen LogP contribution in [0.2, 0.25) is 5.02 Å². The van der Waals surface area contributed by atoms with Crippen molar-refractivity contribution in [3.05, 3.63) is 46.1 Å². The van der Waals surface area contributed by atoms with Crippen molar-refractivity contribution in [2.24, 2.45) is 0 Å². The fraction of sp³-hybridized carbons (Fsp3) is 0.571. The molecule has 0 aliphatic carbocycles. The predicted molar refractivity (Wildman–Crippen MR) is 152 cm³/mol. The minimum Gasteiger partial charge on any atom is -0.497 e. The summed E-state index contributed by atoms with van der Waals surface area (Å²) in [7, 11) is -2.07. The number of rotatable bonds is 8. The van der Waals surface area contributed by atoms with Gasteiger partial charge in [0.15, 0.2) is 0 Å². The number of hydrogen-bond donors (Lipinski definition) is 1. The monoisotopic (exact) mass is 575 g/mol. The molecule has 2 aromatic rings. The van der Waals surface area contributed by atoms with Gasteiger partial charge in [-0.2, -0.15) is 4.31 Å². The van der Waals surface area contributed by atoms with Crippen LogP contribution in [0.3, 0.4) is 0 Å². The van der Waals surface area contributed by atoms with Gasteiger partial charge < -0.3 is 15.0 Å². The van der Waals surface area contributed by atoms with Crippen LogP contribution in [0.15, 0.2) is 29.3 Å². The highest BCUT2D eigenvalue weighted by atomic mass is 35.5. The van der Waals surface area contributed by atoms with E-state index in [1.54, 1.807) is 26.2 Å². The maximum Gasteiger partial charge on any atom is 0.243 e. The van der Waals surface area contributed by atoms with E-state index in [1.807, 2.05) is 12.3 Å². The lowest BCUT2D eigenvalue weighted by molar-refractivity contribution is -0.122. The van der Waals surface area contributed by atoms with E-state index in [2.05, 4.69) is 20.1 Å². The second-order valence-corrected chi connectivity index (χ2v) is 13.1. The number of sulfonamides is 1. The third-order valence-corrected chi connectivity index (χ3v) is 10.4. The smallest absolute Gasteiger partial charge is 0.243 e. The number of nitrogens with zero attached hydrogens (tertiary/aromatic N) is 4. The van der Waals surface area contributed by atoms with Gasteiger partial charge >= 0.3 is 0 Å². The van der Waals surface area contributed by atoms with Crippen molar-refractivity contribution in [3.63, 3.8) is 0 Å². The number of aromatic nitrogens is 1. The van der Waals surface area contributed by atoms with Crippen LogP contribution >= 0.6 is 11.6 Å². The lowest BCUT2D eigenvalue weighted by Gasteiger charge is -2.34. The molecule has 1 amide bonds. The molecule has 3 aliphatic heterocycles. The maximum atomic E-state index is 13.3. The lowest BCUT2D eigenvalue weighted by atomic mass is 10.0. The van der Waals surface area contributed by atoms with Gasteiger partial charge in [-0.1, -0.05) is 11.6 Å². The molecule has 9 nitrogen and oxygen atoms in total. The molecule has 11 heteroatoms. The zero-order valence-electron chi connectivity index (χ0n) is 22.8. The number of carbonyl (C=O) groups excluding carboxylic acids is 1. The second kappa shape index (κ2) is 12.0. The molecule has 0 unspecified atom stereocenters. The molecular formula is C28H38ClN5O4S. The second-order valence-electron chi connectivity index (χ2n) is 10.8. The highest BCUT2D eigenvalue weighted by Crippen LogP contribution is 2.33. The van der Waals surface area contributed by atoms with Gasteiger partial charge in [-0.3, -0.25) is 9.69 Å². The number of methoxy groups -OCH3 is 1. The van der Waals surface area contributed by atoms with Crippen LogP contribution in [0.1, 0.15) is 48.8 Å². The molecule has 0 spiro atoms. The maximum absolute atomic E-state index is 13.3. The summed E-state index contributed by atoms with van der Waals surface area (Å²) < 4.78 is 33.2. The molecule has 4 heterocycles. The molecule has 0 radical (unpaired) electrons. The predicted octanol–water partition coefficient (Wildman–Crippen LogP) is 3.37. The third-order valence-electron chi connectivity index (χ3n) is 8.02. The van der Waals surface area contributed by atoms with Crippen molar-refractivity contribution < 1.29 is 17.9 Å². The van der Waals surface area contributed by atoms with Crippen LogP contribution in [0, 0.1) is 6.92 Å². The number of piperidine rings is 1. The molecular weight excluding hydrogens is 538 g/mol. The number of carbonyl (C=O) groups is 1. The number of ether oxygens (including phenoxy) is 1. The normalized spacial score (nSPS) is 20.1. The molecule has 3 aliphatic rings. The van der Waals surface area contributed by atoms with E-state index in [0.29, 0.717) is 34.2 Å². The van der Waals surface area contributed by atoms with Gasteiger partial charge in [-0.15, -0.1) is 0 Å². The summed E-state index contributed by atoms with van der Waals surface area (Å²) in [6.07, 6.45) is 6.75. The Labute approximate surface area is 236 Å². The standard InChI is InChI=1S/C28H38ClN5O4S/c1-20-15-24(38-2)17-22-5-13-34(39(36,37)27(20)22)14-8-26(35)31-23-6-11-33(12-7-23)28-25(29)16-21(18-30-28)19-32-9-3-4-10-32/h15-18,23H,3-14,19H2,1-2H3,(H,31,35). The molecule has 1 aromatic heterocycles. The van der Waals surface area contributed by atoms with E-state index in [0.717, 1.165) is 62.5 Å². The number of amides is 1. The first-order chi connectivity index (χ1) is 18.7. The highest BCUT2D eigenvalue weighted by molar-refractivity contribution is 7.89. The largest absolute Gasteiger partial charge is 0.497 e. The van der Waals surface area contributed by atoms with E-state index >= 15 is 0 Å². The topological polar surface area (TPSA) is 95.1 Å². The molecule has 1 N–H and O–H groups in total. The van der Waals surface area contributed by atoms with Gasteiger partial charge in [0, 0.05) is 51.4 Å². The fourth-order valence-electron chi connectivity index (χ4n) is 5.96. The summed E-state index contributed by atoms with van der Waals surface area (Å²) in [5.41, 5.74) is 2.58. The average Bonchev–Trinajstić information content (AvgIpc) is 3.41. The molecule has 1 aromatic carbocycles. The number of benzene rings is 1. The van der Waals surface area contributed by atoms with Crippen LogP contribution in [0.25, 0.3) is 0 Å². The van der Waals surface area contributed by atoms with Crippen LogP contribution in [-0.2, 0) is 27.8 Å². The van der Waals surface area contributed by atoms with Crippen molar-refractivity contribution in [1.29, 1.82) is 0 Å². The van der Waals surface area contributed by atoms with Crippen LogP contribution < -0.4 is 15.0 Å². The van der Waals surface area contributed by atoms with Crippen LogP contribution in [-0.4, -0.2) is 80.9 Å². The van der Waals surface area contributed by atoms with Gasteiger partial charge in [0.1, 0.15) is 11.6 Å². The number of hydrogen-bond acceptors (Lipinski definition) is 7. The first-order valence-corrected chi connectivity index (χ1v) is 15.6. The zero-order chi connectivity index (χ0) is 27.6. The molecule has 0 saturated carbocycles. The van der Waals surface area contributed by atoms with Gasteiger partial charge in [0.25, 0.3) is 0 Å².